The summed E-state index contributed by atoms with van der Waals surface area (Å²) < 4.78 is 0. The van der Waals surface area contributed by atoms with Crippen molar-refractivity contribution in [3.63, 3.8) is 0 Å². The van der Waals surface area contributed by atoms with Crippen molar-refractivity contribution in [1.82, 2.24) is 5.32 Å². The average molecular weight is 331 g/mol. The maximum Gasteiger partial charge on any atom is 0.229 e. The Morgan fingerprint density at radius 2 is 1.85 bits per heavy atom. The van der Waals surface area contributed by atoms with Gasteiger partial charge in [0.05, 0.1) is 10.0 Å². The van der Waals surface area contributed by atoms with Crippen LogP contribution in [0.15, 0.2) is 18.2 Å². The first-order valence-electron chi connectivity index (χ1n) is 6.63. The summed E-state index contributed by atoms with van der Waals surface area (Å²) in [6, 6.07) is 5.11. The molecular formula is C14H16Cl2N2OS. The Kier molecular flexibility index (Phi) is 5.64. The summed E-state index contributed by atoms with van der Waals surface area (Å²) in [5.74, 6) is 0.0829. The predicted molar refractivity (Wildman–Crippen MR) is 87.4 cm³/mol. The van der Waals surface area contributed by atoms with Crippen molar-refractivity contribution in [2.24, 2.45) is 5.92 Å². The second-order valence-electron chi connectivity index (χ2n) is 4.91. The molecule has 1 aliphatic rings. The van der Waals surface area contributed by atoms with Crippen LogP contribution in [0.2, 0.25) is 10.0 Å². The summed E-state index contributed by atoms with van der Waals surface area (Å²) in [5.41, 5.74) is 0.702. The fourth-order valence-electron chi connectivity index (χ4n) is 2.31. The fraction of sp³-hybridized carbons (Fsp3) is 0.429. The summed E-state index contributed by atoms with van der Waals surface area (Å²) >= 11 is 16.9. The molecule has 0 aliphatic heterocycles. The van der Waals surface area contributed by atoms with E-state index in [0.717, 1.165) is 25.7 Å². The molecule has 2 rings (SSSR count). The quantitative estimate of drug-likeness (QED) is 0.790. The highest BCUT2D eigenvalue weighted by molar-refractivity contribution is 7.80. The number of halogens is 2. The van der Waals surface area contributed by atoms with Crippen molar-refractivity contribution in [3.05, 3.63) is 28.2 Å². The fourth-order valence-corrected chi connectivity index (χ4v) is 2.83. The Balaban J connectivity index is 1.88. The SMILES string of the molecule is O=C(NC(=S)Nc1ccc(Cl)c(Cl)c1)C1CCCCC1. The lowest BCUT2D eigenvalue weighted by molar-refractivity contribution is -0.124. The lowest BCUT2D eigenvalue weighted by Gasteiger charge is -2.21. The van der Waals surface area contributed by atoms with Gasteiger partial charge in [0.1, 0.15) is 0 Å². The van der Waals surface area contributed by atoms with Gasteiger partial charge in [0.15, 0.2) is 5.11 Å². The number of nitrogens with one attached hydrogen (secondary N) is 2. The minimum Gasteiger partial charge on any atom is -0.332 e. The standard InChI is InChI=1S/C14H16Cl2N2OS/c15-11-7-6-10(8-12(11)16)17-14(20)18-13(19)9-4-2-1-3-5-9/h6-9H,1-5H2,(H2,17,18,19,20). The number of benzene rings is 1. The topological polar surface area (TPSA) is 41.1 Å². The number of carbonyl (C=O) groups excluding carboxylic acids is 1. The van der Waals surface area contributed by atoms with E-state index in [-0.39, 0.29) is 11.8 Å². The Morgan fingerprint density at radius 3 is 2.50 bits per heavy atom. The smallest absolute Gasteiger partial charge is 0.229 e. The van der Waals surface area contributed by atoms with E-state index in [1.165, 1.54) is 6.42 Å². The molecule has 1 fully saturated rings. The van der Waals surface area contributed by atoms with E-state index in [2.05, 4.69) is 10.6 Å². The van der Waals surface area contributed by atoms with Crippen LogP contribution in [-0.4, -0.2) is 11.0 Å². The van der Waals surface area contributed by atoms with Gasteiger partial charge in [-0.15, -0.1) is 0 Å². The van der Waals surface area contributed by atoms with Crippen LogP contribution in [0.1, 0.15) is 32.1 Å². The van der Waals surface area contributed by atoms with E-state index >= 15 is 0 Å². The Bertz CT molecular complexity index is 516. The zero-order valence-corrected chi connectivity index (χ0v) is 13.2. The maximum atomic E-state index is 12.0. The zero-order chi connectivity index (χ0) is 14.5. The third-order valence-electron chi connectivity index (χ3n) is 3.39. The van der Waals surface area contributed by atoms with Gasteiger partial charge in [-0.3, -0.25) is 4.79 Å². The minimum absolute atomic E-state index is 0.00209. The molecule has 0 saturated heterocycles. The molecule has 0 radical (unpaired) electrons. The van der Waals surface area contributed by atoms with Crippen LogP contribution in [-0.2, 0) is 4.79 Å². The van der Waals surface area contributed by atoms with Gasteiger partial charge < -0.3 is 10.6 Å². The highest BCUT2D eigenvalue weighted by atomic mass is 35.5. The van der Waals surface area contributed by atoms with Crippen LogP contribution in [0.3, 0.4) is 0 Å². The molecule has 0 unspecified atom stereocenters. The summed E-state index contributed by atoms with van der Waals surface area (Å²) in [6.07, 6.45) is 5.34. The summed E-state index contributed by atoms with van der Waals surface area (Å²) in [6.45, 7) is 0. The number of anilines is 1. The predicted octanol–water partition coefficient (Wildman–Crippen LogP) is 4.39. The van der Waals surface area contributed by atoms with Crippen LogP contribution in [0.25, 0.3) is 0 Å². The summed E-state index contributed by atoms with van der Waals surface area (Å²) in [5, 5.41) is 6.89. The van der Waals surface area contributed by atoms with Crippen molar-refractivity contribution in [3.8, 4) is 0 Å². The highest BCUT2D eigenvalue weighted by Gasteiger charge is 2.21. The van der Waals surface area contributed by atoms with Crippen molar-refractivity contribution in [1.29, 1.82) is 0 Å². The summed E-state index contributed by atoms with van der Waals surface area (Å²) in [4.78, 5) is 12.0. The molecule has 0 heterocycles. The molecule has 6 heteroatoms. The first kappa shape index (κ1) is 15.5. The van der Waals surface area contributed by atoms with Gasteiger partial charge in [-0.2, -0.15) is 0 Å². The third-order valence-corrected chi connectivity index (χ3v) is 4.33. The normalized spacial score (nSPS) is 15.7. The lowest BCUT2D eigenvalue weighted by Crippen LogP contribution is -2.38. The molecule has 2 N–H and O–H groups in total. The molecule has 1 aliphatic carbocycles. The lowest BCUT2D eigenvalue weighted by atomic mass is 9.89. The van der Waals surface area contributed by atoms with Crippen molar-refractivity contribution in [2.75, 3.05) is 5.32 Å². The van der Waals surface area contributed by atoms with Gasteiger partial charge >= 0.3 is 0 Å². The van der Waals surface area contributed by atoms with Gasteiger partial charge in [-0.1, -0.05) is 42.5 Å². The molecule has 3 nitrogen and oxygen atoms in total. The Hall–Kier alpha value is -0.840. The molecule has 0 bridgehead atoms. The average Bonchev–Trinajstić information content (AvgIpc) is 2.44. The molecule has 108 valence electrons. The van der Waals surface area contributed by atoms with Gasteiger partial charge in [0.2, 0.25) is 5.91 Å². The van der Waals surface area contributed by atoms with E-state index < -0.39 is 0 Å². The molecule has 1 amide bonds. The number of amides is 1. The van der Waals surface area contributed by atoms with Crippen LogP contribution in [0.5, 0.6) is 0 Å². The molecule has 0 atom stereocenters. The van der Waals surface area contributed by atoms with Gasteiger partial charge in [0.25, 0.3) is 0 Å². The first-order chi connectivity index (χ1) is 9.56. The first-order valence-corrected chi connectivity index (χ1v) is 7.79. The molecular weight excluding hydrogens is 315 g/mol. The van der Waals surface area contributed by atoms with Gasteiger partial charge in [-0.25, -0.2) is 0 Å². The molecule has 20 heavy (non-hydrogen) atoms. The van der Waals surface area contributed by atoms with Crippen LogP contribution < -0.4 is 10.6 Å². The van der Waals surface area contributed by atoms with Gasteiger partial charge in [-0.05, 0) is 43.3 Å². The number of carbonyl (C=O) groups is 1. The second-order valence-corrected chi connectivity index (χ2v) is 6.13. The maximum absolute atomic E-state index is 12.0. The molecule has 1 saturated carbocycles. The van der Waals surface area contributed by atoms with E-state index in [4.69, 9.17) is 35.4 Å². The largest absolute Gasteiger partial charge is 0.332 e. The van der Waals surface area contributed by atoms with E-state index in [1.54, 1.807) is 18.2 Å². The monoisotopic (exact) mass is 330 g/mol. The minimum atomic E-state index is 0.00209. The Morgan fingerprint density at radius 1 is 1.15 bits per heavy atom. The molecule has 0 aromatic heterocycles. The van der Waals surface area contributed by atoms with Crippen LogP contribution >= 0.6 is 35.4 Å². The van der Waals surface area contributed by atoms with Crippen molar-refractivity contribution in [2.45, 2.75) is 32.1 Å². The number of hydrogen-bond acceptors (Lipinski definition) is 2. The van der Waals surface area contributed by atoms with E-state index in [9.17, 15) is 4.79 Å². The van der Waals surface area contributed by atoms with Crippen molar-refractivity contribution >= 4 is 52.1 Å². The number of hydrogen-bond donors (Lipinski definition) is 2. The molecule has 1 aromatic carbocycles. The van der Waals surface area contributed by atoms with Gasteiger partial charge in [0, 0.05) is 11.6 Å². The van der Waals surface area contributed by atoms with Crippen LogP contribution in [0, 0.1) is 5.92 Å². The number of rotatable bonds is 2. The van der Waals surface area contributed by atoms with Crippen molar-refractivity contribution < 1.29 is 4.79 Å². The zero-order valence-electron chi connectivity index (χ0n) is 10.9. The van der Waals surface area contributed by atoms with Crippen LogP contribution in [0.4, 0.5) is 5.69 Å². The molecule has 1 aromatic rings. The highest BCUT2D eigenvalue weighted by Crippen LogP contribution is 2.25. The second kappa shape index (κ2) is 7.25. The molecule has 0 spiro atoms. The Labute approximate surface area is 134 Å². The number of thiocarbonyl (C=S) groups is 1. The third kappa shape index (κ3) is 4.33. The van der Waals surface area contributed by atoms with E-state index in [0.29, 0.717) is 20.8 Å². The van der Waals surface area contributed by atoms with E-state index in [1.807, 2.05) is 0 Å². The summed E-state index contributed by atoms with van der Waals surface area (Å²) in [7, 11) is 0.